The Morgan fingerprint density at radius 1 is 1.08 bits per heavy atom. The van der Waals surface area contributed by atoms with Gasteiger partial charge in [-0.15, -0.1) is 0 Å². The molecule has 0 heterocycles. The maximum absolute atomic E-state index is 10.8. The summed E-state index contributed by atoms with van der Waals surface area (Å²) < 4.78 is 16.4. The zero-order valence-electron chi connectivity index (χ0n) is 16.1. The number of aliphatic hydroxyl groups excluding tert-OH is 2. The topological polar surface area (TPSA) is 68.2 Å². The Morgan fingerprint density at radius 3 is 2.28 bits per heavy atom. The molecule has 1 unspecified atom stereocenters. The molecule has 1 aromatic rings. The fourth-order valence-corrected chi connectivity index (χ4v) is 2.92. The predicted molar refractivity (Wildman–Crippen MR) is 99.7 cm³/mol. The number of benzene rings is 1. The van der Waals surface area contributed by atoms with E-state index in [0.717, 1.165) is 24.0 Å². The monoisotopic (exact) mass is 352 g/mol. The van der Waals surface area contributed by atoms with Crippen LogP contribution in [-0.4, -0.2) is 38.1 Å². The highest BCUT2D eigenvalue weighted by molar-refractivity contribution is 5.60. The molecule has 0 fully saturated rings. The van der Waals surface area contributed by atoms with Crippen LogP contribution in [0.5, 0.6) is 17.2 Å². The molecule has 1 aromatic carbocycles. The van der Waals surface area contributed by atoms with Gasteiger partial charge in [0.2, 0.25) is 5.75 Å². The highest BCUT2D eigenvalue weighted by Crippen LogP contribution is 2.45. The van der Waals surface area contributed by atoms with Crippen molar-refractivity contribution in [1.29, 1.82) is 0 Å². The van der Waals surface area contributed by atoms with Crippen LogP contribution in [0.2, 0.25) is 0 Å². The van der Waals surface area contributed by atoms with Crippen molar-refractivity contribution in [3.8, 4) is 17.2 Å². The molecule has 25 heavy (non-hydrogen) atoms. The van der Waals surface area contributed by atoms with E-state index in [1.807, 2.05) is 6.07 Å². The summed E-state index contributed by atoms with van der Waals surface area (Å²) in [5.74, 6) is 1.55. The minimum absolute atomic E-state index is 0.0900. The van der Waals surface area contributed by atoms with E-state index in [-0.39, 0.29) is 6.61 Å². The number of allylic oxidation sites excluding steroid dienone is 2. The standard InChI is InChI=1S/C20H32O5/c1-14(2)9-6-7-11-16(22)18-15(10-8-12-21)13-17(23-3)19(24-4)20(18)25-5/h9,13,16,21-22H,6-8,10-12H2,1-5H3. The largest absolute Gasteiger partial charge is 0.493 e. The van der Waals surface area contributed by atoms with E-state index in [1.54, 1.807) is 21.3 Å². The summed E-state index contributed by atoms with van der Waals surface area (Å²) >= 11 is 0. The molecular weight excluding hydrogens is 320 g/mol. The molecule has 1 rings (SSSR count). The van der Waals surface area contributed by atoms with Crippen LogP contribution in [0.1, 0.15) is 56.8 Å². The minimum atomic E-state index is -0.658. The quantitative estimate of drug-likeness (QED) is 0.468. The summed E-state index contributed by atoms with van der Waals surface area (Å²) in [6.45, 7) is 4.23. The van der Waals surface area contributed by atoms with Gasteiger partial charge in [-0.2, -0.15) is 0 Å². The average molecular weight is 352 g/mol. The molecule has 1 atom stereocenters. The molecule has 0 aliphatic heterocycles. The van der Waals surface area contributed by atoms with Crippen molar-refractivity contribution in [1.82, 2.24) is 0 Å². The molecule has 0 aliphatic carbocycles. The third-order valence-corrected chi connectivity index (χ3v) is 4.13. The Bertz CT molecular complexity index is 562. The Labute approximate surface area is 151 Å². The summed E-state index contributed by atoms with van der Waals surface area (Å²) in [4.78, 5) is 0. The lowest BCUT2D eigenvalue weighted by molar-refractivity contribution is 0.158. The lowest BCUT2D eigenvalue weighted by atomic mass is 9.93. The number of unbranched alkanes of at least 4 members (excludes halogenated alkanes) is 1. The summed E-state index contributed by atoms with van der Waals surface area (Å²) in [6, 6.07) is 1.87. The number of ether oxygens (including phenoxy) is 3. The molecule has 0 bridgehead atoms. The molecule has 0 aliphatic rings. The van der Waals surface area contributed by atoms with Crippen LogP contribution >= 0.6 is 0 Å². The molecule has 0 radical (unpaired) electrons. The van der Waals surface area contributed by atoms with Crippen molar-refractivity contribution in [3.05, 3.63) is 28.8 Å². The van der Waals surface area contributed by atoms with E-state index >= 15 is 0 Å². The fourth-order valence-electron chi connectivity index (χ4n) is 2.92. The van der Waals surface area contributed by atoms with Crippen LogP contribution in [0.3, 0.4) is 0 Å². The SMILES string of the molecule is COc1cc(CCCO)c(C(O)CCCC=C(C)C)c(OC)c1OC. The summed E-state index contributed by atoms with van der Waals surface area (Å²) in [5, 5.41) is 20.0. The van der Waals surface area contributed by atoms with E-state index < -0.39 is 6.10 Å². The summed E-state index contributed by atoms with van der Waals surface area (Å²) in [7, 11) is 4.69. The fraction of sp³-hybridized carbons (Fsp3) is 0.600. The first-order valence-electron chi connectivity index (χ1n) is 8.74. The summed E-state index contributed by atoms with van der Waals surface area (Å²) in [5.41, 5.74) is 2.92. The van der Waals surface area contributed by atoms with Gasteiger partial charge in [0, 0.05) is 12.2 Å². The van der Waals surface area contributed by atoms with E-state index in [2.05, 4.69) is 19.9 Å². The van der Waals surface area contributed by atoms with Crippen molar-refractivity contribution in [2.45, 2.75) is 52.1 Å². The lowest BCUT2D eigenvalue weighted by Gasteiger charge is -2.23. The van der Waals surface area contributed by atoms with Gasteiger partial charge in [-0.25, -0.2) is 0 Å². The highest BCUT2D eigenvalue weighted by Gasteiger charge is 2.25. The van der Waals surface area contributed by atoms with Gasteiger partial charge in [-0.05, 0) is 57.6 Å². The molecule has 5 heteroatoms. The third-order valence-electron chi connectivity index (χ3n) is 4.13. The zero-order chi connectivity index (χ0) is 18.8. The average Bonchev–Trinajstić information content (AvgIpc) is 2.61. The molecule has 142 valence electrons. The number of aliphatic hydroxyl groups is 2. The highest BCUT2D eigenvalue weighted by atomic mass is 16.5. The molecule has 0 spiro atoms. The van der Waals surface area contributed by atoms with Crippen molar-refractivity contribution in [2.24, 2.45) is 0 Å². The van der Waals surface area contributed by atoms with Gasteiger partial charge in [0.05, 0.1) is 27.4 Å². The number of hydrogen-bond donors (Lipinski definition) is 2. The second-order valence-corrected chi connectivity index (χ2v) is 6.27. The third kappa shape index (κ3) is 5.94. The van der Waals surface area contributed by atoms with E-state index in [0.29, 0.717) is 36.5 Å². The van der Waals surface area contributed by atoms with Gasteiger partial charge >= 0.3 is 0 Å². The van der Waals surface area contributed by atoms with Crippen LogP contribution in [-0.2, 0) is 6.42 Å². The first-order valence-corrected chi connectivity index (χ1v) is 8.74. The molecule has 0 saturated carbocycles. The van der Waals surface area contributed by atoms with Gasteiger partial charge in [0.1, 0.15) is 0 Å². The maximum atomic E-state index is 10.8. The van der Waals surface area contributed by atoms with Crippen molar-refractivity contribution in [3.63, 3.8) is 0 Å². The number of methoxy groups -OCH3 is 3. The summed E-state index contributed by atoms with van der Waals surface area (Å²) in [6.07, 6.45) is 5.19. The molecule has 0 saturated heterocycles. The van der Waals surface area contributed by atoms with Crippen LogP contribution in [0, 0.1) is 0 Å². The predicted octanol–water partition coefficient (Wildman–Crippen LogP) is 3.81. The van der Waals surface area contributed by atoms with Gasteiger partial charge < -0.3 is 24.4 Å². The zero-order valence-corrected chi connectivity index (χ0v) is 16.1. The molecular formula is C20H32O5. The Hall–Kier alpha value is -1.72. The van der Waals surface area contributed by atoms with Crippen LogP contribution < -0.4 is 14.2 Å². The smallest absolute Gasteiger partial charge is 0.203 e. The number of hydrogen-bond acceptors (Lipinski definition) is 5. The minimum Gasteiger partial charge on any atom is -0.493 e. The first kappa shape index (κ1) is 21.3. The van der Waals surface area contributed by atoms with Crippen LogP contribution in [0.15, 0.2) is 17.7 Å². The number of aryl methyl sites for hydroxylation is 1. The van der Waals surface area contributed by atoms with Gasteiger partial charge in [-0.1, -0.05) is 11.6 Å². The van der Waals surface area contributed by atoms with Crippen molar-refractivity contribution in [2.75, 3.05) is 27.9 Å². The first-order chi connectivity index (χ1) is 12.0. The molecule has 0 aromatic heterocycles. The van der Waals surface area contributed by atoms with Crippen molar-refractivity contribution < 1.29 is 24.4 Å². The second-order valence-electron chi connectivity index (χ2n) is 6.27. The lowest BCUT2D eigenvalue weighted by Crippen LogP contribution is -2.09. The Balaban J connectivity index is 3.20. The maximum Gasteiger partial charge on any atom is 0.203 e. The molecule has 2 N–H and O–H groups in total. The second kappa shape index (κ2) is 11.0. The van der Waals surface area contributed by atoms with E-state index in [1.165, 1.54) is 5.57 Å². The Morgan fingerprint density at radius 2 is 1.76 bits per heavy atom. The van der Waals surface area contributed by atoms with E-state index in [4.69, 9.17) is 14.2 Å². The van der Waals surface area contributed by atoms with Crippen LogP contribution in [0.25, 0.3) is 0 Å². The van der Waals surface area contributed by atoms with Crippen molar-refractivity contribution >= 4 is 0 Å². The van der Waals surface area contributed by atoms with Gasteiger partial charge in [-0.3, -0.25) is 0 Å². The van der Waals surface area contributed by atoms with Gasteiger partial charge in [0.25, 0.3) is 0 Å². The molecule has 5 nitrogen and oxygen atoms in total. The number of rotatable bonds is 11. The van der Waals surface area contributed by atoms with Crippen LogP contribution in [0.4, 0.5) is 0 Å². The van der Waals surface area contributed by atoms with E-state index in [9.17, 15) is 10.2 Å². The molecule has 0 amide bonds. The Kier molecular flexibility index (Phi) is 9.39. The van der Waals surface area contributed by atoms with Gasteiger partial charge in [0.15, 0.2) is 11.5 Å². The normalized spacial score (nSPS) is 11.8.